The van der Waals surface area contributed by atoms with E-state index in [1.165, 1.54) is 47.6 Å². The standard InChI is InChI=1S/C24H32N4O8S2/c1-18-7-8-20(28(30)31)17-23(18)27(37(3,32)33)19(2)24(29)25-13-16-36-21-9-11-22(12-10-21)38(34,35)26-14-5-4-6-15-26/h7-12,17,19H,4-6,13-16H2,1-3H3,(H,25,29)/t19-/m0/s1. The Morgan fingerprint density at radius 3 is 2.32 bits per heavy atom. The number of ether oxygens (including phenoxy) is 1. The van der Waals surface area contributed by atoms with Crippen LogP contribution in [0.5, 0.6) is 5.75 Å². The van der Waals surface area contributed by atoms with Gasteiger partial charge in [-0.3, -0.25) is 19.2 Å². The molecular weight excluding hydrogens is 536 g/mol. The topological polar surface area (TPSA) is 156 Å². The molecule has 0 unspecified atom stereocenters. The summed E-state index contributed by atoms with van der Waals surface area (Å²) in [6.07, 6.45) is 3.64. The smallest absolute Gasteiger partial charge is 0.271 e. The molecule has 38 heavy (non-hydrogen) atoms. The molecule has 1 fully saturated rings. The summed E-state index contributed by atoms with van der Waals surface area (Å²) in [4.78, 5) is 23.5. The van der Waals surface area contributed by atoms with E-state index in [2.05, 4.69) is 5.32 Å². The number of non-ortho nitro benzene ring substituents is 1. The summed E-state index contributed by atoms with van der Waals surface area (Å²) in [5.41, 5.74) is 0.199. The Balaban J connectivity index is 1.60. The van der Waals surface area contributed by atoms with Gasteiger partial charge < -0.3 is 10.1 Å². The molecule has 0 bridgehead atoms. The molecule has 1 heterocycles. The van der Waals surface area contributed by atoms with Gasteiger partial charge in [-0.2, -0.15) is 4.31 Å². The minimum absolute atomic E-state index is 0.0418. The summed E-state index contributed by atoms with van der Waals surface area (Å²) in [6, 6.07) is 8.65. The molecule has 2 aromatic carbocycles. The zero-order valence-electron chi connectivity index (χ0n) is 21.5. The van der Waals surface area contributed by atoms with Crippen molar-refractivity contribution in [1.29, 1.82) is 0 Å². The number of nitrogens with one attached hydrogen (secondary N) is 1. The van der Waals surface area contributed by atoms with E-state index in [1.807, 2.05) is 0 Å². The van der Waals surface area contributed by atoms with Crippen molar-refractivity contribution < 1.29 is 31.3 Å². The van der Waals surface area contributed by atoms with E-state index in [1.54, 1.807) is 6.92 Å². The number of nitro benzene ring substituents is 1. The average Bonchev–Trinajstić information content (AvgIpc) is 2.87. The highest BCUT2D eigenvalue weighted by molar-refractivity contribution is 7.92. The largest absolute Gasteiger partial charge is 0.492 e. The molecule has 1 atom stereocenters. The van der Waals surface area contributed by atoms with Gasteiger partial charge in [-0.25, -0.2) is 16.8 Å². The van der Waals surface area contributed by atoms with Crippen LogP contribution < -0.4 is 14.4 Å². The van der Waals surface area contributed by atoms with Crippen LogP contribution in [0.2, 0.25) is 0 Å². The second-order valence-electron chi connectivity index (χ2n) is 9.04. The first-order valence-corrected chi connectivity index (χ1v) is 15.4. The molecule has 0 saturated carbocycles. The van der Waals surface area contributed by atoms with Crippen LogP contribution in [-0.2, 0) is 24.8 Å². The maximum absolute atomic E-state index is 12.8. The van der Waals surface area contributed by atoms with Crippen molar-refractivity contribution in [3.05, 3.63) is 58.1 Å². The number of sulfonamides is 2. The summed E-state index contributed by atoms with van der Waals surface area (Å²) >= 11 is 0. The molecule has 1 amide bonds. The molecule has 0 radical (unpaired) electrons. The van der Waals surface area contributed by atoms with Crippen molar-refractivity contribution in [2.24, 2.45) is 0 Å². The lowest BCUT2D eigenvalue weighted by atomic mass is 10.1. The Hall–Kier alpha value is -3.23. The molecule has 3 rings (SSSR count). The van der Waals surface area contributed by atoms with Crippen molar-refractivity contribution >= 4 is 37.3 Å². The summed E-state index contributed by atoms with van der Waals surface area (Å²) < 4.78 is 58.5. The number of benzene rings is 2. The predicted molar refractivity (Wildman–Crippen MR) is 142 cm³/mol. The molecule has 1 N–H and O–H groups in total. The van der Waals surface area contributed by atoms with Crippen LogP contribution in [0.25, 0.3) is 0 Å². The lowest BCUT2D eigenvalue weighted by Crippen LogP contribution is -2.48. The molecule has 0 aromatic heterocycles. The number of carbonyl (C=O) groups is 1. The highest BCUT2D eigenvalue weighted by Gasteiger charge is 2.31. The first kappa shape index (κ1) is 29.3. The first-order chi connectivity index (χ1) is 17.8. The Kier molecular flexibility index (Phi) is 9.33. The van der Waals surface area contributed by atoms with Crippen LogP contribution in [0.1, 0.15) is 31.7 Å². The van der Waals surface area contributed by atoms with E-state index < -0.39 is 36.9 Å². The van der Waals surface area contributed by atoms with Crippen LogP contribution in [-0.4, -0.2) is 70.5 Å². The predicted octanol–water partition coefficient (Wildman–Crippen LogP) is 2.43. The van der Waals surface area contributed by atoms with E-state index in [9.17, 15) is 31.7 Å². The number of nitrogens with zero attached hydrogens (tertiary/aromatic N) is 3. The second-order valence-corrected chi connectivity index (χ2v) is 12.8. The van der Waals surface area contributed by atoms with Gasteiger partial charge in [0.05, 0.1) is 28.3 Å². The first-order valence-electron chi connectivity index (χ1n) is 12.1. The number of anilines is 1. The number of carbonyl (C=O) groups excluding carboxylic acids is 1. The number of amides is 1. The summed E-state index contributed by atoms with van der Waals surface area (Å²) in [7, 11) is -7.51. The van der Waals surface area contributed by atoms with Gasteiger partial charge >= 0.3 is 0 Å². The fourth-order valence-corrected chi connectivity index (χ4v) is 6.92. The molecule has 14 heteroatoms. The fourth-order valence-electron chi connectivity index (χ4n) is 4.18. The molecule has 0 aliphatic carbocycles. The third-order valence-electron chi connectivity index (χ3n) is 6.18. The molecular formula is C24H32N4O8S2. The molecule has 1 saturated heterocycles. The Labute approximate surface area is 222 Å². The highest BCUT2D eigenvalue weighted by Crippen LogP contribution is 2.29. The minimum Gasteiger partial charge on any atom is -0.492 e. The quantitative estimate of drug-likeness (QED) is 0.246. The van der Waals surface area contributed by atoms with Gasteiger partial charge in [-0.15, -0.1) is 0 Å². The van der Waals surface area contributed by atoms with Crippen LogP contribution in [0.15, 0.2) is 47.4 Å². The zero-order chi connectivity index (χ0) is 28.1. The molecule has 2 aromatic rings. The number of hydrogen-bond acceptors (Lipinski definition) is 8. The molecule has 1 aliphatic heterocycles. The van der Waals surface area contributed by atoms with E-state index in [-0.39, 0.29) is 29.4 Å². The summed E-state index contributed by atoms with van der Waals surface area (Å²) in [6.45, 7) is 4.09. The van der Waals surface area contributed by atoms with Gasteiger partial charge in [0.25, 0.3) is 5.69 Å². The van der Waals surface area contributed by atoms with E-state index in [0.29, 0.717) is 24.4 Å². The lowest BCUT2D eigenvalue weighted by molar-refractivity contribution is -0.384. The van der Waals surface area contributed by atoms with Crippen molar-refractivity contribution in [2.45, 2.75) is 44.0 Å². The number of aryl methyl sites for hydroxylation is 1. The van der Waals surface area contributed by atoms with Crippen LogP contribution in [0.3, 0.4) is 0 Å². The van der Waals surface area contributed by atoms with Crippen molar-refractivity contribution in [3.63, 3.8) is 0 Å². The number of hydrogen-bond donors (Lipinski definition) is 1. The molecule has 12 nitrogen and oxygen atoms in total. The van der Waals surface area contributed by atoms with Crippen LogP contribution in [0.4, 0.5) is 11.4 Å². The third-order valence-corrected chi connectivity index (χ3v) is 9.32. The third kappa shape index (κ3) is 6.99. The highest BCUT2D eigenvalue weighted by atomic mass is 32.2. The van der Waals surface area contributed by atoms with Gasteiger partial charge in [-0.05, 0) is 56.5 Å². The average molecular weight is 569 g/mol. The van der Waals surface area contributed by atoms with Crippen LogP contribution in [0, 0.1) is 17.0 Å². The van der Waals surface area contributed by atoms with Gasteiger partial charge in [0.15, 0.2) is 0 Å². The second kappa shape index (κ2) is 12.1. The van der Waals surface area contributed by atoms with Crippen molar-refractivity contribution in [1.82, 2.24) is 9.62 Å². The number of piperidine rings is 1. The van der Waals surface area contributed by atoms with Gasteiger partial charge in [0.1, 0.15) is 18.4 Å². The lowest BCUT2D eigenvalue weighted by Gasteiger charge is -2.29. The van der Waals surface area contributed by atoms with E-state index in [4.69, 9.17) is 4.74 Å². The Morgan fingerprint density at radius 2 is 1.74 bits per heavy atom. The van der Waals surface area contributed by atoms with Crippen molar-refractivity contribution in [2.75, 3.05) is 36.8 Å². The van der Waals surface area contributed by atoms with Gasteiger partial charge in [0, 0.05) is 25.2 Å². The number of rotatable bonds is 11. The molecule has 0 spiro atoms. The van der Waals surface area contributed by atoms with Crippen molar-refractivity contribution in [3.8, 4) is 5.75 Å². The maximum atomic E-state index is 12.8. The fraction of sp³-hybridized carbons (Fsp3) is 0.458. The Bertz CT molecular complexity index is 1370. The zero-order valence-corrected chi connectivity index (χ0v) is 23.1. The van der Waals surface area contributed by atoms with Gasteiger partial charge in [0.2, 0.25) is 26.0 Å². The van der Waals surface area contributed by atoms with Gasteiger partial charge in [-0.1, -0.05) is 12.5 Å². The Morgan fingerprint density at radius 1 is 1.11 bits per heavy atom. The monoisotopic (exact) mass is 568 g/mol. The normalized spacial score (nSPS) is 15.4. The SMILES string of the molecule is Cc1ccc([N+](=O)[O-])cc1N([C@@H](C)C(=O)NCCOc1ccc(S(=O)(=O)N2CCCCC2)cc1)S(C)(=O)=O. The molecule has 1 aliphatic rings. The van der Waals surface area contributed by atoms with E-state index in [0.717, 1.165) is 35.9 Å². The van der Waals surface area contributed by atoms with E-state index >= 15 is 0 Å². The minimum atomic E-state index is -3.96. The maximum Gasteiger partial charge on any atom is 0.271 e. The number of nitro groups is 1. The summed E-state index contributed by atoms with van der Waals surface area (Å²) in [5, 5.41) is 13.8. The molecule has 208 valence electrons. The summed E-state index contributed by atoms with van der Waals surface area (Å²) in [5.74, 6) is -0.206. The van der Waals surface area contributed by atoms with Crippen LogP contribution >= 0.6 is 0 Å².